The summed E-state index contributed by atoms with van der Waals surface area (Å²) < 4.78 is 0. The third kappa shape index (κ3) is 1.49. The molecule has 0 saturated carbocycles. The minimum Gasteiger partial charge on any atom is -0.315 e. The summed E-state index contributed by atoms with van der Waals surface area (Å²) in [4.78, 5) is 12.0. The SMILES string of the molecule is CC12CNCC(C)(CNC1)C2=O.Cl. The van der Waals surface area contributed by atoms with E-state index in [1.54, 1.807) is 0 Å². The van der Waals surface area contributed by atoms with Crippen LogP contribution in [0.25, 0.3) is 0 Å². The Morgan fingerprint density at radius 3 is 1.54 bits per heavy atom. The van der Waals surface area contributed by atoms with E-state index in [1.165, 1.54) is 0 Å². The predicted molar refractivity (Wildman–Crippen MR) is 54.2 cm³/mol. The highest BCUT2D eigenvalue weighted by molar-refractivity contribution is 5.92. The van der Waals surface area contributed by atoms with Gasteiger partial charge in [-0.05, 0) is 0 Å². The van der Waals surface area contributed by atoms with Crippen molar-refractivity contribution in [2.45, 2.75) is 13.8 Å². The third-order valence-corrected chi connectivity index (χ3v) is 3.16. The maximum atomic E-state index is 12.0. The Labute approximate surface area is 85.1 Å². The first-order valence-electron chi connectivity index (χ1n) is 4.53. The van der Waals surface area contributed by atoms with Crippen molar-refractivity contribution in [3.63, 3.8) is 0 Å². The first kappa shape index (κ1) is 11.0. The van der Waals surface area contributed by atoms with Crippen molar-refractivity contribution >= 4 is 18.2 Å². The molecule has 2 aliphatic rings. The van der Waals surface area contributed by atoms with Gasteiger partial charge in [-0.2, -0.15) is 0 Å². The summed E-state index contributed by atoms with van der Waals surface area (Å²) in [5.74, 6) is 0.438. The molecule has 76 valence electrons. The van der Waals surface area contributed by atoms with E-state index < -0.39 is 0 Å². The average Bonchev–Trinajstić information content (AvgIpc) is 1.97. The summed E-state index contributed by atoms with van der Waals surface area (Å²) in [6.07, 6.45) is 0. The Morgan fingerprint density at radius 2 is 1.31 bits per heavy atom. The Kier molecular flexibility index (Phi) is 2.72. The molecule has 0 aromatic heterocycles. The molecule has 0 aliphatic carbocycles. The molecule has 2 bridgehead atoms. The minimum absolute atomic E-state index is 0. The van der Waals surface area contributed by atoms with Gasteiger partial charge in [-0.3, -0.25) is 4.79 Å². The summed E-state index contributed by atoms with van der Waals surface area (Å²) in [6.45, 7) is 7.41. The predicted octanol–water partition coefficient (Wildman–Crippen LogP) is 0.196. The minimum atomic E-state index is -0.161. The Balaban J connectivity index is 0.000000845. The number of carbonyl (C=O) groups excluding carboxylic acids is 1. The lowest BCUT2D eigenvalue weighted by Crippen LogP contribution is -2.66. The number of halogens is 1. The zero-order valence-electron chi connectivity index (χ0n) is 8.14. The van der Waals surface area contributed by atoms with E-state index in [9.17, 15) is 4.79 Å². The van der Waals surface area contributed by atoms with Gasteiger partial charge in [-0.15, -0.1) is 12.4 Å². The van der Waals surface area contributed by atoms with Crippen molar-refractivity contribution in [2.75, 3.05) is 26.2 Å². The molecule has 2 aliphatic heterocycles. The standard InChI is InChI=1S/C9H16N2O.ClH/c1-8-3-10-5-9(2,7(8)12)6-11-4-8;/h10-11H,3-6H2,1-2H3;1H. The molecular weight excluding hydrogens is 188 g/mol. The highest BCUT2D eigenvalue weighted by Crippen LogP contribution is 2.35. The van der Waals surface area contributed by atoms with E-state index in [4.69, 9.17) is 0 Å². The summed E-state index contributed by atoms with van der Waals surface area (Å²) in [7, 11) is 0. The normalized spacial score (nSPS) is 44.0. The maximum Gasteiger partial charge on any atom is 0.149 e. The second-order valence-electron chi connectivity index (χ2n) is 4.66. The Morgan fingerprint density at radius 1 is 1.00 bits per heavy atom. The quantitative estimate of drug-likeness (QED) is 0.592. The van der Waals surface area contributed by atoms with E-state index in [0.29, 0.717) is 5.78 Å². The summed E-state index contributed by atoms with van der Waals surface area (Å²) in [5, 5.41) is 6.67. The lowest BCUT2D eigenvalue weighted by Gasteiger charge is -2.48. The van der Waals surface area contributed by atoms with Crippen LogP contribution in [0.1, 0.15) is 13.8 Å². The fraction of sp³-hybridized carbons (Fsp3) is 0.889. The van der Waals surface area contributed by atoms with Crippen molar-refractivity contribution in [2.24, 2.45) is 10.8 Å². The van der Waals surface area contributed by atoms with Gasteiger partial charge in [-0.25, -0.2) is 0 Å². The zero-order chi connectivity index (χ0) is 8.82. The maximum absolute atomic E-state index is 12.0. The Bertz CT molecular complexity index is 200. The van der Waals surface area contributed by atoms with E-state index in [-0.39, 0.29) is 23.2 Å². The lowest BCUT2D eigenvalue weighted by atomic mass is 9.66. The molecule has 2 N–H and O–H groups in total. The van der Waals surface area contributed by atoms with Crippen LogP contribution in [0.5, 0.6) is 0 Å². The van der Waals surface area contributed by atoms with E-state index in [1.807, 2.05) is 13.8 Å². The second kappa shape index (κ2) is 3.23. The van der Waals surface area contributed by atoms with Gasteiger partial charge in [0.05, 0.1) is 10.8 Å². The monoisotopic (exact) mass is 204 g/mol. The van der Waals surface area contributed by atoms with Gasteiger partial charge in [0.15, 0.2) is 0 Å². The summed E-state index contributed by atoms with van der Waals surface area (Å²) in [6, 6.07) is 0. The van der Waals surface area contributed by atoms with E-state index in [2.05, 4.69) is 10.6 Å². The molecule has 2 fully saturated rings. The van der Waals surface area contributed by atoms with Gasteiger partial charge in [0, 0.05) is 26.2 Å². The van der Waals surface area contributed by atoms with Crippen molar-refractivity contribution in [3.8, 4) is 0 Å². The van der Waals surface area contributed by atoms with Crippen molar-refractivity contribution in [3.05, 3.63) is 0 Å². The molecular formula is C9H17ClN2O. The largest absolute Gasteiger partial charge is 0.315 e. The van der Waals surface area contributed by atoms with E-state index in [0.717, 1.165) is 26.2 Å². The number of fused-ring (bicyclic) bond motifs is 2. The van der Waals surface area contributed by atoms with Crippen LogP contribution >= 0.6 is 12.4 Å². The van der Waals surface area contributed by atoms with Crippen LogP contribution in [0.3, 0.4) is 0 Å². The van der Waals surface area contributed by atoms with Crippen molar-refractivity contribution in [1.82, 2.24) is 10.6 Å². The molecule has 0 aromatic carbocycles. The highest BCUT2D eigenvalue weighted by atomic mass is 35.5. The summed E-state index contributed by atoms with van der Waals surface area (Å²) in [5.41, 5.74) is -0.323. The Hall–Kier alpha value is -0.120. The number of hydrogen-bond acceptors (Lipinski definition) is 3. The van der Waals surface area contributed by atoms with Gasteiger partial charge in [0.1, 0.15) is 5.78 Å². The van der Waals surface area contributed by atoms with Crippen LogP contribution in [0.4, 0.5) is 0 Å². The van der Waals surface area contributed by atoms with Crippen LogP contribution in [-0.4, -0.2) is 32.0 Å². The number of ketones is 1. The first-order valence-corrected chi connectivity index (χ1v) is 4.53. The van der Waals surface area contributed by atoms with E-state index >= 15 is 0 Å². The van der Waals surface area contributed by atoms with Gasteiger partial charge < -0.3 is 10.6 Å². The molecule has 0 atom stereocenters. The van der Waals surface area contributed by atoms with Crippen LogP contribution < -0.4 is 10.6 Å². The summed E-state index contributed by atoms with van der Waals surface area (Å²) >= 11 is 0. The van der Waals surface area contributed by atoms with Crippen LogP contribution in [0.2, 0.25) is 0 Å². The topological polar surface area (TPSA) is 41.1 Å². The van der Waals surface area contributed by atoms with Crippen LogP contribution in [0.15, 0.2) is 0 Å². The van der Waals surface area contributed by atoms with Crippen LogP contribution in [0, 0.1) is 10.8 Å². The second-order valence-corrected chi connectivity index (χ2v) is 4.66. The molecule has 2 heterocycles. The van der Waals surface area contributed by atoms with Crippen molar-refractivity contribution in [1.29, 1.82) is 0 Å². The highest BCUT2D eigenvalue weighted by Gasteiger charge is 2.50. The van der Waals surface area contributed by atoms with Gasteiger partial charge >= 0.3 is 0 Å². The molecule has 0 amide bonds. The number of hydrogen-bond donors (Lipinski definition) is 2. The lowest BCUT2D eigenvalue weighted by molar-refractivity contribution is -0.143. The third-order valence-electron chi connectivity index (χ3n) is 3.16. The van der Waals surface area contributed by atoms with Crippen LogP contribution in [-0.2, 0) is 4.79 Å². The molecule has 0 aromatic rings. The number of carbonyl (C=O) groups is 1. The zero-order valence-corrected chi connectivity index (χ0v) is 8.96. The molecule has 0 unspecified atom stereocenters. The fourth-order valence-corrected chi connectivity index (χ4v) is 2.40. The molecule has 2 rings (SSSR count). The number of Topliss-reactive ketones (excluding diaryl/α,β-unsaturated/α-hetero) is 1. The van der Waals surface area contributed by atoms with Gasteiger partial charge in [0.25, 0.3) is 0 Å². The van der Waals surface area contributed by atoms with Crippen molar-refractivity contribution < 1.29 is 4.79 Å². The molecule has 2 saturated heterocycles. The molecule has 0 spiro atoms. The number of piperidine rings is 2. The molecule has 4 heteroatoms. The number of rotatable bonds is 0. The molecule has 0 radical (unpaired) electrons. The number of nitrogens with one attached hydrogen (secondary N) is 2. The first-order chi connectivity index (χ1) is 5.57. The molecule has 13 heavy (non-hydrogen) atoms. The van der Waals surface area contributed by atoms with Gasteiger partial charge in [-0.1, -0.05) is 13.8 Å². The average molecular weight is 205 g/mol. The molecule has 3 nitrogen and oxygen atoms in total. The fourth-order valence-electron chi connectivity index (χ4n) is 2.40. The smallest absolute Gasteiger partial charge is 0.149 e. The van der Waals surface area contributed by atoms with Gasteiger partial charge in [0.2, 0.25) is 0 Å².